The predicted octanol–water partition coefficient (Wildman–Crippen LogP) is 2.38. The second-order valence-electron chi connectivity index (χ2n) is 3.40. The van der Waals surface area contributed by atoms with Gasteiger partial charge in [0.1, 0.15) is 11.6 Å². The molecular weight excluding hydrogens is 235 g/mol. The van der Waals surface area contributed by atoms with E-state index in [1.165, 1.54) is 12.1 Å². The van der Waals surface area contributed by atoms with Crippen LogP contribution in [-0.2, 0) is 6.18 Å². The summed E-state index contributed by atoms with van der Waals surface area (Å²) in [4.78, 5) is 0. The van der Waals surface area contributed by atoms with Gasteiger partial charge in [-0.25, -0.2) is 0 Å². The summed E-state index contributed by atoms with van der Waals surface area (Å²) in [5, 5.41) is 15.4. The Balaban J connectivity index is 2.67. The van der Waals surface area contributed by atoms with E-state index < -0.39 is 17.5 Å². The molecule has 1 heterocycles. The first-order valence-electron chi connectivity index (χ1n) is 4.60. The molecule has 90 valence electrons. The van der Waals surface area contributed by atoms with Crippen molar-refractivity contribution in [3.05, 3.63) is 29.8 Å². The number of halogens is 3. The number of nitrogens with two attached hydrogens (primary N) is 1. The summed E-state index contributed by atoms with van der Waals surface area (Å²) in [5.74, 6) is -0.431. The maximum absolute atomic E-state index is 12.7. The largest absolute Gasteiger partial charge is 0.507 e. The topological polar surface area (TPSA) is 74.9 Å². The molecule has 0 aliphatic rings. The molecule has 0 amide bonds. The van der Waals surface area contributed by atoms with Crippen molar-refractivity contribution in [3.63, 3.8) is 0 Å². The molecule has 1 aromatic heterocycles. The standard InChI is InChI=1S/C10H8F3N3O/c11-10(12,13)5-2-1-3-7(17)9(5)6-4-8(14)16-15-6/h1-4,17H,(H3,14,15,16). The summed E-state index contributed by atoms with van der Waals surface area (Å²) in [6, 6.07) is 4.40. The van der Waals surface area contributed by atoms with Crippen LogP contribution in [0, 0.1) is 0 Å². The van der Waals surface area contributed by atoms with Gasteiger partial charge < -0.3 is 10.8 Å². The number of nitrogens with one attached hydrogen (secondary N) is 1. The third-order valence-corrected chi connectivity index (χ3v) is 2.21. The Bertz CT molecular complexity index is 548. The molecule has 0 bridgehead atoms. The molecule has 0 saturated carbocycles. The Morgan fingerprint density at radius 1 is 1.29 bits per heavy atom. The third-order valence-electron chi connectivity index (χ3n) is 2.21. The minimum absolute atomic E-state index is 0.0212. The number of nitrogens with zero attached hydrogens (tertiary/aromatic N) is 1. The van der Waals surface area contributed by atoms with E-state index in [4.69, 9.17) is 5.73 Å². The van der Waals surface area contributed by atoms with E-state index in [0.717, 1.165) is 12.1 Å². The number of rotatable bonds is 1. The van der Waals surface area contributed by atoms with Gasteiger partial charge in [0.2, 0.25) is 0 Å². The van der Waals surface area contributed by atoms with E-state index in [1.54, 1.807) is 0 Å². The zero-order chi connectivity index (χ0) is 12.6. The van der Waals surface area contributed by atoms with E-state index in [-0.39, 0.29) is 17.1 Å². The van der Waals surface area contributed by atoms with Gasteiger partial charge in [0.25, 0.3) is 0 Å². The summed E-state index contributed by atoms with van der Waals surface area (Å²) in [6.07, 6.45) is -4.56. The van der Waals surface area contributed by atoms with Gasteiger partial charge in [-0.1, -0.05) is 6.07 Å². The van der Waals surface area contributed by atoms with Crippen molar-refractivity contribution in [2.45, 2.75) is 6.18 Å². The first-order valence-corrected chi connectivity index (χ1v) is 4.60. The van der Waals surface area contributed by atoms with E-state index >= 15 is 0 Å². The minimum atomic E-state index is -4.56. The molecule has 0 unspecified atom stereocenters. The maximum Gasteiger partial charge on any atom is 0.417 e. The lowest BCUT2D eigenvalue weighted by molar-refractivity contribution is -0.137. The van der Waals surface area contributed by atoms with Crippen LogP contribution in [-0.4, -0.2) is 15.3 Å². The van der Waals surface area contributed by atoms with E-state index in [1.807, 2.05) is 0 Å². The molecule has 4 N–H and O–H groups in total. The average Bonchev–Trinajstić information content (AvgIpc) is 2.63. The number of phenolic OH excluding ortho intramolecular Hbond substituents is 1. The average molecular weight is 243 g/mol. The highest BCUT2D eigenvalue weighted by Crippen LogP contribution is 2.41. The number of hydrogen-bond donors (Lipinski definition) is 3. The van der Waals surface area contributed by atoms with Crippen molar-refractivity contribution in [2.75, 3.05) is 5.73 Å². The number of anilines is 1. The van der Waals surface area contributed by atoms with Crippen molar-refractivity contribution in [2.24, 2.45) is 0 Å². The number of aromatic nitrogens is 2. The Kier molecular flexibility index (Phi) is 2.45. The molecule has 0 fully saturated rings. The lowest BCUT2D eigenvalue weighted by Crippen LogP contribution is -2.07. The van der Waals surface area contributed by atoms with Crippen molar-refractivity contribution >= 4 is 5.82 Å². The lowest BCUT2D eigenvalue weighted by atomic mass is 10.0. The zero-order valence-corrected chi connectivity index (χ0v) is 8.42. The number of hydrogen-bond acceptors (Lipinski definition) is 3. The Hall–Kier alpha value is -2.18. The molecule has 0 aliphatic heterocycles. The molecule has 17 heavy (non-hydrogen) atoms. The summed E-state index contributed by atoms with van der Waals surface area (Å²) in [6.45, 7) is 0. The number of benzene rings is 1. The SMILES string of the molecule is Nc1cc(-c2c(O)cccc2C(F)(F)F)[nH]n1. The fraction of sp³-hybridized carbons (Fsp3) is 0.100. The fourth-order valence-electron chi connectivity index (χ4n) is 1.52. The number of aromatic hydroxyl groups is 1. The van der Waals surface area contributed by atoms with E-state index in [9.17, 15) is 18.3 Å². The number of phenols is 1. The van der Waals surface area contributed by atoms with Gasteiger partial charge in [0, 0.05) is 6.07 Å². The molecular formula is C10H8F3N3O. The third kappa shape index (κ3) is 2.03. The molecule has 4 nitrogen and oxygen atoms in total. The van der Waals surface area contributed by atoms with E-state index in [2.05, 4.69) is 10.2 Å². The maximum atomic E-state index is 12.7. The minimum Gasteiger partial charge on any atom is -0.507 e. The molecule has 0 saturated heterocycles. The Morgan fingerprint density at radius 3 is 2.53 bits per heavy atom. The molecule has 2 rings (SSSR count). The van der Waals surface area contributed by atoms with Crippen molar-refractivity contribution in [3.8, 4) is 17.0 Å². The fourth-order valence-corrected chi connectivity index (χ4v) is 1.52. The van der Waals surface area contributed by atoms with Crippen LogP contribution < -0.4 is 5.73 Å². The number of alkyl halides is 3. The van der Waals surface area contributed by atoms with Crippen LogP contribution in [0.3, 0.4) is 0 Å². The van der Waals surface area contributed by atoms with Gasteiger partial charge >= 0.3 is 6.18 Å². The van der Waals surface area contributed by atoms with Crippen LogP contribution in [0.15, 0.2) is 24.3 Å². The first kappa shape index (κ1) is 11.3. The molecule has 0 atom stereocenters. The summed E-state index contributed by atoms with van der Waals surface area (Å²) in [7, 11) is 0. The van der Waals surface area contributed by atoms with Crippen molar-refractivity contribution in [1.29, 1.82) is 0 Å². The summed E-state index contributed by atoms with van der Waals surface area (Å²) in [5.41, 5.74) is 4.04. The molecule has 0 spiro atoms. The van der Waals surface area contributed by atoms with Crippen LogP contribution in [0.1, 0.15) is 5.56 Å². The quantitative estimate of drug-likeness (QED) is 0.719. The van der Waals surface area contributed by atoms with Gasteiger partial charge in [0.15, 0.2) is 0 Å². The number of aromatic amines is 1. The predicted molar refractivity (Wildman–Crippen MR) is 55.1 cm³/mol. The van der Waals surface area contributed by atoms with Crippen LogP contribution in [0.5, 0.6) is 5.75 Å². The highest BCUT2D eigenvalue weighted by molar-refractivity contribution is 5.72. The van der Waals surface area contributed by atoms with Crippen molar-refractivity contribution < 1.29 is 18.3 Å². The second kappa shape index (κ2) is 3.69. The number of nitrogen functional groups attached to an aromatic ring is 1. The van der Waals surface area contributed by atoms with Crippen molar-refractivity contribution in [1.82, 2.24) is 10.2 Å². The smallest absolute Gasteiger partial charge is 0.417 e. The van der Waals surface area contributed by atoms with E-state index in [0.29, 0.717) is 0 Å². The van der Waals surface area contributed by atoms with Gasteiger partial charge in [-0.2, -0.15) is 18.3 Å². The van der Waals surface area contributed by atoms with Crippen LogP contribution in [0.4, 0.5) is 19.0 Å². The second-order valence-corrected chi connectivity index (χ2v) is 3.40. The van der Waals surface area contributed by atoms with Gasteiger partial charge in [-0.3, -0.25) is 5.10 Å². The Morgan fingerprint density at radius 2 is 2.00 bits per heavy atom. The normalized spacial score (nSPS) is 11.7. The lowest BCUT2D eigenvalue weighted by Gasteiger charge is -2.12. The molecule has 2 aromatic rings. The van der Waals surface area contributed by atoms with Crippen LogP contribution >= 0.6 is 0 Å². The highest BCUT2D eigenvalue weighted by atomic mass is 19.4. The summed E-state index contributed by atoms with van der Waals surface area (Å²) < 4.78 is 38.2. The summed E-state index contributed by atoms with van der Waals surface area (Å²) >= 11 is 0. The monoisotopic (exact) mass is 243 g/mol. The molecule has 1 aromatic carbocycles. The molecule has 7 heteroatoms. The van der Waals surface area contributed by atoms with Gasteiger partial charge in [-0.05, 0) is 12.1 Å². The first-order chi connectivity index (χ1) is 7.89. The zero-order valence-electron chi connectivity index (χ0n) is 8.42. The number of H-pyrrole nitrogens is 1. The van der Waals surface area contributed by atoms with Gasteiger partial charge in [0.05, 0.1) is 16.8 Å². The van der Waals surface area contributed by atoms with Crippen LogP contribution in [0.25, 0.3) is 11.3 Å². The Labute approximate surface area is 93.9 Å². The van der Waals surface area contributed by atoms with Gasteiger partial charge in [-0.15, -0.1) is 0 Å². The highest BCUT2D eigenvalue weighted by Gasteiger charge is 2.35. The molecule has 0 radical (unpaired) electrons. The van der Waals surface area contributed by atoms with Crippen LogP contribution in [0.2, 0.25) is 0 Å². The molecule has 0 aliphatic carbocycles.